The number of amides is 1. The molecular weight excluding hydrogens is 480 g/mol. The Bertz CT molecular complexity index is 1500. The van der Waals surface area contributed by atoms with Crippen molar-refractivity contribution in [1.82, 2.24) is 24.5 Å². The van der Waals surface area contributed by atoms with E-state index in [1.54, 1.807) is 33.5 Å². The second kappa shape index (κ2) is 9.80. The standard InChI is InChI=1S/C25H26N6O6/c1-35-16-8-7-14(20(12-16)37-3)13-26-24-27-21-17(5-4-6-19(21)36-2)23-28-22(29-31(23)24)18-11-15(32)9-10-30(18)25(33)34/h4-8,12,18H,9-11,13H2,1-3H3,(H,26,27)(H,33,34)/t18-/m1/s1. The van der Waals surface area contributed by atoms with Gasteiger partial charge in [0.05, 0.1) is 21.3 Å². The number of nitrogens with one attached hydrogen (secondary N) is 1. The number of fused-ring (bicyclic) bond motifs is 3. The van der Waals surface area contributed by atoms with Gasteiger partial charge in [-0.05, 0) is 24.3 Å². The molecule has 0 radical (unpaired) electrons. The summed E-state index contributed by atoms with van der Waals surface area (Å²) in [4.78, 5) is 34.8. The Kier molecular flexibility index (Phi) is 6.38. The Morgan fingerprint density at radius 2 is 1.92 bits per heavy atom. The van der Waals surface area contributed by atoms with E-state index in [0.29, 0.717) is 46.3 Å². The monoisotopic (exact) mass is 506 g/mol. The number of piperidine rings is 1. The number of carboxylic acid groups (broad SMARTS) is 1. The van der Waals surface area contributed by atoms with Crippen LogP contribution in [0.25, 0.3) is 16.6 Å². The summed E-state index contributed by atoms with van der Waals surface area (Å²) in [5.74, 6) is 2.43. The largest absolute Gasteiger partial charge is 0.497 e. The van der Waals surface area contributed by atoms with Crippen LogP contribution in [0.2, 0.25) is 0 Å². The van der Waals surface area contributed by atoms with Crippen molar-refractivity contribution < 1.29 is 28.9 Å². The summed E-state index contributed by atoms with van der Waals surface area (Å²) < 4.78 is 17.9. The average molecular weight is 507 g/mol. The SMILES string of the molecule is COc1ccc(CNc2nc3c(OC)cccc3c3nc([C@H]4CC(=O)CCN4C(=O)O)nn23)c(OC)c1. The van der Waals surface area contributed by atoms with Crippen molar-refractivity contribution in [2.24, 2.45) is 0 Å². The lowest BCUT2D eigenvalue weighted by atomic mass is 10.0. The van der Waals surface area contributed by atoms with Crippen molar-refractivity contribution >= 4 is 34.4 Å². The molecule has 0 spiro atoms. The quantitative estimate of drug-likeness (QED) is 0.384. The molecule has 1 saturated heterocycles. The number of Topliss-reactive ketones (excluding diaryl/α,β-unsaturated/α-hetero) is 1. The first-order valence-corrected chi connectivity index (χ1v) is 11.6. The Morgan fingerprint density at radius 1 is 1.11 bits per heavy atom. The highest BCUT2D eigenvalue weighted by molar-refractivity contribution is 5.96. The molecule has 3 heterocycles. The summed E-state index contributed by atoms with van der Waals surface area (Å²) in [5.41, 5.74) is 1.88. The van der Waals surface area contributed by atoms with Gasteiger partial charge in [0.15, 0.2) is 11.5 Å². The minimum atomic E-state index is -1.12. The Balaban J connectivity index is 1.62. The number of para-hydroxylation sites is 1. The first-order chi connectivity index (χ1) is 17.9. The summed E-state index contributed by atoms with van der Waals surface area (Å²) >= 11 is 0. The number of anilines is 1. The van der Waals surface area contributed by atoms with Crippen LogP contribution in [0.15, 0.2) is 36.4 Å². The molecule has 0 aliphatic carbocycles. The van der Waals surface area contributed by atoms with Gasteiger partial charge in [0.2, 0.25) is 5.95 Å². The third-order valence-corrected chi connectivity index (χ3v) is 6.41. The van der Waals surface area contributed by atoms with Crippen LogP contribution in [0.1, 0.15) is 30.3 Å². The van der Waals surface area contributed by atoms with Crippen molar-refractivity contribution in [2.45, 2.75) is 25.4 Å². The second-order valence-electron chi connectivity index (χ2n) is 8.51. The minimum Gasteiger partial charge on any atom is -0.497 e. The van der Waals surface area contributed by atoms with E-state index in [-0.39, 0.29) is 31.0 Å². The smallest absolute Gasteiger partial charge is 0.407 e. The maximum absolute atomic E-state index is 12.2. The fourth-order valence-corrected chi connectivity index (χ4v) is 4.50. The summed E-state index contributed by atoms with van der Waals surface area (Å²) in [7, 11) is 4.73. The first-order valence-electron chi connectivity index (χ1n) is 11.6. The van der Waals surface area contributed by atoms with E-state index in [0.717, 1.165) is 5.56 Å². The number of likely N-dealkylation sites (tertiary alicyclic amines) is 1. The fourth-order valence-electron chi connectivity index (χ4n) is 4.50. The van der Waals surface area contributed by atoms with E-state index in [1.165, 1.54) is 9.42 Å². The normalized spacial score (nSPS) is 15.7. The molecule has 12 heteroatoms. The molecule has 2 aromatic heterocycles. The lowest BCUT2D eigenvalue weighted by Crippen LogP contribution is -2.40. The number of benzene rings is 2. The van der Waals surface area contributed by atoms with Crippen LogP contribution in [0, 0.1) is 0 Å². The van der Waals surface area contributed by atoms with Crippen LogP contribution in [0.3, 0.4) is 0 Å². The van der Waals surface area contributed by atoms with Gasteiger partial charge < -0.3 is 24.6 Å². The van der Waals surface area contributed by atoms with Crippen molar-refractivity contribution in [1.29, 1.82) is 0 Å². The van der Waals surface area contributed by atoms with Crippen LogP contribution in [0.5, 0.6) is 17.2 Å². The molecule has 1 amide bonds. The third-order valence-electron chi connectivity index (χ3n) is 6.41. The molecule has 37 heavy (non-hydrogen) atoms. The Morgan fingerprint density at radius 3 is 2.65 bits per heavy atom. The maximum atomic E-state index is 12.2. The molecule has 1 atom stereocenters. The topological polar surface area (TPSA) is 140 Å². The van der Waals surface area contributed by atoms with Gasteiger partial charge in [-0.3, -0.25) is 9.69 Å². The average Bonchev–Trinajstić information content (AvgIpc) is 3.37. The number of hydrogen-bond donors (Lipinski definition) is 2. The number of ketones is 1. The molecule has 2 N–H and O–H groups in total. The Labute approximate surface area is 211 Å². The predicted molar refractivity (Wildman–Crippen MR) is 133 cm³/mol. The minimum absolute atomic E-state index is 0.0175. The van der Waals surface area contributed by atoms with Crippen LogP contribution >= 0.6 is 0 Å². The third kappa shape index (κ3) is 4.41. The summed E-state index contributed by atoms with van der Waals surface area (Å²) in [5, 5.41) is 18.3. The second-order valence-corrected chi connectivity index (χ2v) is 8.51. The van der Waals surface area contributed by atoms with Crippen molar-refractivity contribution in [3.8, 4) is 17.2 Å². The highest BCUT2D eigenvalue weighted by Gasteiger charge is 2.35. The van der Waals surface area contributed by atoms with Crippen LogP contribution in [-0.2, 0) is 11.3 Å². The molecule has 4 aromatic rings. The van der Waals surface area contributed by atoms with E-state index in [4.69, 9.17) is 24.2 Å². The van der Waals surface area contributed by atoms with Crippen LogP contribution in [0.4, 0.5) is 10.7 Å². The van der Waals surface area contributed by atoms with Crippen molar-refractivity contribution in [3.05, 3.63) is 47.8 Å². The van der Waals surface area contributed by atoms with Crippen LogP contribution < -0.4 is 19.5 Å². The van der Waals surface area contributed by atoms with Gasteiger partial charge in [0, 0.05) is 42.9 Å². The van der Waals surface area contributed by atoms with Gasteiger partial charge in [-0.15, -0.1) is 5.10 Å². The summed E-state index contributed by atoms with van der Waals surface area (Å²) in [6, 6.07) is 10.2. The molecular formula is C25H26N6O6. The van der Waals surface area contributed by atoms with E-state index in [2.05, 4.69) is 10.4 Å². The van der Waals surface area contributed by atoms with E-state index in [9.17, 15) is 14.7 Å². The molecule has 0 unspecified atom stereocenters. The number of aromatic nitrogens is 4. The number of methoxy groups -OCH3 is 3. The molecule has 1 aliphatic rings. The molecule has 1 fully saturated rings. The number of hydrogen-bond acceptors (Lipinski definition) is 9. The lowest BCUT2D eigenvalue weighted by molar-refractivity contribution is -0.122. The van der Waals surface area contributed by atoms with E-state index in [1.807, 2.05) is 24.3 Å². The van der Waals surface area contributed by atoms with Crippen LogP contribution in [-0.4, -0.2) is 69.3 Å². The van der Waals surface area contributed by atoms with Gasteiger partial charge in [-0.25, -0.2) is 14.8 Å². The number of carbonyl (C=O) groups is 2. The highest BCUT2D eigenvalue weighted by Crippen LogP contribution is 2.32. The van der Waals surface area contributed by atoms with E-state index >= 15 is 0 Å². The summed E-state index contributed by atoms with van der Waals surface area (Å²) in [6.45, 7) is 0.442. The van der Waals surface area contributed by atoms with E-state index < -0.39 is 12.1 Å². The number of ether oxygens (including phenoxy) is 3. The molecule has 5 rings (SSSR count). The van der Waals surface area contributed by atoms with Gasteiger partial charge >= 0.3 is 6.09 Å². The molecule has 0 bridgehead atoms. The maximum Gasteiger partial charge on any atom is 0.407 e. The van der Waals surface area contributed by atoms with Gasteiger partial charge in [-0.1, -0.05) is 6.07 Å². The molecule has 0 saturated carbocycles. The molecule has 192 valence electrons. The zero-order valence-electron chi connectivity index (χ0n) is 20.6. The Hall–Kier alpha value is -4.61. The van der Waals surface area contributed by atoms with Gasteiger partial charge in [-0.2, -0.15) is 4.52 Å². The predicted octanol–water partition coefficient (Wildman–Crippen LogP) is 3.30. The molecule has 2 aromatic carbocycles. The highest BCUT2D eigenvalue weighted by atomic mass is 16.5. The summed E-state index contributed by atoms with van der Waals surface area (Å²) in [6.07, 6.45) is -0.927. The number of rotatable bonds is 7. The number of nitrogens with zero attached hydrogens (tertiary/aromatic N) is 5. The lowest BCUT2D eigenvalue weighted by Gasteiger charge is -2.30. The first kappa shape index (κ1) is 24.1. The zero-order valence-corrected chi connectivity index (χ0v) is 20.6. The fraction of sp³-hybridized carbons (Fsp3) is 0.320. The molecule has 12 nitrogen and oxygen atoms in total. The molecule has 1 aliphatic heterocycles. The number of carbonyl (C=O) groups excluding carboxylic acids is 1. The van der Waals surface area contributed by atoms with Crippen molar-refractivity contribution in [3.63, 3.8) is 0 Å². The zero-order chi connectivity index (χ0) is 26.1. The van der Waals surface area contributed by atoms with Gasteiger partial charge in [0.25, 0.3) is 0 Å². The van der Waals surface area contributed by atoms with Gasteiger partial charge in [0.1, 0.15) is 34.6 Å². The van der Waals surface area contributed by atoms with Crippen molar-refractivity contribution in [2.75, 3.05) is 33.2 Å².